The number of phenols is 3. The zero-order valence-electron chi connectivity index (χ0n) is 32.5. The van der Waals surface area contributed by atoms with Crippen LogP contribution >= 0.6 is 0 Å². The third-order valence-corrected chi connectivity index (χ3v) is 19.6. The largest absolute Gasteiger partial charge is 0.504 e. The second-order valence-electron chi connectivity index (χ2n) is 14.1. The van der Waals surface area contributed by atoms with E-state index in [9.17, 15) is 15.3 Å². The van der Waals surface area contributed by atoms with Crippen LogP contribution in [0.2, 0.25) is 64.5 Å². The van der Waals surface area contributed by atoms with E-state index in [-0.39, 0.29) is 17.2 Å². The van der Waals surface area contributed by atoms with E-state index in [2.05, 4.69) is 59.0 Å². The van der Waals surface area contributed by atoms with Crippen LogP contribution in [0.15, 0.2) is 67.3 Å². The number of aryl methyl sites for hydroxylation is 2. The maximum atomic E-state index is 9.75. The van der Waals surface area contributed by atoms with Crippen LogP contribution in [0.4, 0.5) is 0 Å². The number of methoxy groups -OCH3 is 3. The van der Waals surface area contributed by atoms with Gasteiger partial charge in [-0.2, -0.15) is 0 Å². The van der Waals surface area contributed by atoms with Gasteiger partial charge in [0.1, 0.15) is 0 Å². The fraction of sp³-hybridized carbons (Fsp3) is 0.474. The number of rotatable bonds is 17. The molecule has 50 heavy (non-hydrogen) atoms. The van der Waals surface area contributed by atoms with E-state index in [4.69, 9.17) is 22.4 Å². The molecule has 0 atom stereocenters. The van der Waals surface area contributed by atoms with Crippen molar-refractivity contribution in [2.75, 3.05) is 21.3 Å². The lowest BCUT2D eigenvalue weighted by molar-refractivity contribution is 0.373. The first-order chi connectivity index (χ1) is 23.4. The Morgan fingerprint density at radius 3 is 1.24 bits per heavy atom. The summed E-state index contributed by atoms with van der Waals surface area (Å²) in [7, 11) is -0.143. The Morgan fingerprint density at radius 2 is 0.940 bits per heavy atom. The molecule has 3 N–H and O–H groups in total. The third-order valence-electron chi connectivity index (χ3n) is 7.70. The van der Waals surface area contributed by atoms with Crippen molar-refractivity contribution in [3.05, 3.63) is 83.9 Å². The molecule has 0 aliphatic rings. The molecule has 0 radical (unpaired) electrons. The van der Waals surface area contributed by atoms with E-state index in [1.165, 1.54) is 18.2 Å². The fourth-order valence-electron chi connectivity index (χ4n) is 5.60. The third kappa shape index (κ3) is 18.3. The van der Waals surface area contributed by atoms with Crippen LogP contribution in [0.1, 0.15) is 29.5 Å². The van der Waals surface area contributed by atoms with Crippen molar-refractivity contribution in [3.63, 3.8) is 0 Å². The highest BCUT2D eigenvalue weighted by atomic mass is 28.4. The lowest BCUT2D eigenvalue weighted by atomic mass is 10.1. The predicted molar refractivity (Wildman–Crippen MR) is 219 cm³/mol. The summed E-state index contributed by atoms with van der Waals surface area (Å²) in [5.41, 5.74) is 3.44. The maximum absolute atomic E-state index is 9.75. The Bertz CT molecular complexity index is 1350. The van der Waals surface area contributed by atoms with Gasteiger partial charge in [-0.3, -0.25) is 0 Å². The summed E-state index contributed by atoms with van der Waals surface area (Å²) in [6.45, 7) is 21.8. The van der Waals surface area contributed by atoms with Gasteiger partial charge in [-0.15, -0.1) is 6.58 Å². The van der Waals surface area contributed by atoms with Crippen molar-refractivity contribution in [2.24, 2.45) is 0 Å². The van der Waals surface area contributed by atoms with Crippen LogP contribution in [0.3, 0.4) is 0 Å². The normalized spacial score (nSPS) is 11.3. The van der Waals surface area contributed by atoms with Crippen LogP contribution < -0.4 is 14.2 Å². The minimum Gasteiger partial charge on any atom is -0.504 e. The summed E-state index contributed by atoms with van der Waals surface area (Å²) < 4.78 is 27.7. The van der Waals surface area contributed by atoms with Crippen molar-refractivity contribution in [1.82, 2.24) is 0 Å². The minimum atomic E-state index is -1.75. The number of hydrogen-bond acceptors (Lipinski definition) is 8. The highest BCUT2D eigenvalue weighted by molar-refractivity contribution is 6.84. The number of ether oxygens (including phenoxy) is 3. The number of allylic oxidation sites excluding steroid dienone is 1. The first kappa shape index (κ1) is 45.0. The van der Waals surface area contributed by atoms with Gasteiger partial charge in [0.15, 0.2) is 69.2 Å². The Kier molecular flexibility index (Phi) is 20.5. The Hall–Kier alpha value is -3.01. The molecule has 0 aromatic heterocycles. The van der Waals surface area contributed by atoms with Gasteiger partial charge in [0.2, 0.25) is 0 Å². The summed E-state index contributed by atoms with van der Waals surface area (Å²) in [6, 6.07) is 18.7. The molecule has 0 spiro atoms. The van der Waals surface area contributed by atoms with Crippen molar-refractivity contribution in [2.45, 2.75) is 96.6 Å². The van der Waals surface area contributed by atoms with Crippen LogP contribution in [0, 0.1) is 0 Å². The SMILES string of the molecule is C=CCc1ccc(O)c(OC)c1.COc1cc(CCC[Si](C)(C)O[Si](C)(C)CCCc2ccc(O)c(OC)c2)ccc1O.C[SiH](C)O[SiH](C)C. The van der Waals surface area contributed by atoms with E-state index in [1.807, 2.05) is 36.4 Å². The molecule has 0 bridgehead atoms. The number of benzene rings is 3. The minimum absolute atomic E-state index is 0.172. The van der Waals surface area contributed by atoms with Crippen molar-refractivity contribution >= 4 is 34.7 Å². The molecular weight excluding hydrogens is 697 g/mol. The molecule has 0 heterocycles. The van der Waals surface area contributed by atoms with E-state index in [1.54, 1.807) is 38.5 Å². The van der Waals surface area contributed by atoms with Crippen molar-refractivity contribution in [3.8, 4) is 34.5 Å². The van der Waals surface area contributed by atoms with Gasteiger partial charge in [0.25, 0.3) is 0 Å². The van der Waals surface area contributed by atoms with Crippen LogP contribution in [-0.2, 0) is 27.5 Å². The topological polar surface area (TPSA) is 107 Å². The average molecular weight is 761 g/mol. The Labute approximate surface area is 307 Å². The maximum Gasteiger partial charge on any atom is 0.173 e. The molecule has 3 rings (SSSR count). The van der Waals surface area contributed by atoms with E-state index in [0.29, 0.717) is 17.2 Å². The second-order valence-corrected chi connectivity index (χ2v) is 28.2. The first-order valence-corrected chi connectivity index (χ1v) is 29.3. The van der Waals surface area contributed by atoms with Gasteiger partial charge >= 0.3 is 0 Å². The summed E-state index contributed by atoms with van der Waals surface area (Å²) in [6.07, 6.45) is 6.67. The van der Waals surface area contributed by atoms with E-state index < -0.39 is 34.7 Å². The highest BCUT2D eigenvalue weighted by Gasteiger charge is 2.32. The summed E-state index contributed by atoms with van der Waals surface area (Å²) >= 11 is 0. The lowest BCUT2D eigenvalue weighted by Crippen LogP contribution is -2.44. The average Bonchev–Trinajstić information content (AvgIpc) is 3.03. The molecule has 3 aromatic rings. The van der Waals surface area contributed by atoms with Gasteiger partial charge in [0.05, 0.1) is 21.3 Å². The number of aromatic hydroxyl groups is 3. The molecular formula is C38H64O8Si4. The van der Waals surface area contributed by atoms with Gasteiger partial charge in [-0.1, -0.05) is 24.3 Å². The zero-order chi connectivity index (χ0) is 37.9. The quantitative estimate of drug-likeness (QED) is 0.0924. The Morgan fingerprint density at radius 1 is 0.600 bits per heavy atom. The van der Waals surface area contributed by atoms with Gasteiger partial charge in [0, 0.05) is 0 Å². The molecule has 12 heteroatoms. The second kappa shape index (κ2) is 22.7. The molecule has 0 fully saturated rings. The first-order valence-electron chi connectivity index (χ1n) is 17.5. The van der Waals surface area contributed by atoms with Gasteiger partial charge in [-0.05, 0) is 150 Å². The molecule has 0 aliphatic carbocycles. The summed E-state index contributed by atoms with van der Waals surface area (Å²) in [5.74, 6) is 2.11. The zero-order valence-corrected chi connectivity index (χ0v) is 36.8. The molecule has 280 valence electrons. The molecule has 8 nitrogen and oxygen atoms in total. The number of phenolic OH excluding ortho intramolecular Hbond substituents is 3. The smallest absolute Gasteiger partial charge is 0.173 e. The van der Waals surface area contributed by atoms with Crippen LogP contribution in [0.5, 0.6) is 34.5 Å². The van der Waals surface area contributed by atoms with Crippen LogP contribution in [0.25, 0.3) is 0 Å². The van der Waals surface area contributed by atoms with E-state index >= 15 is 0 Å². The highest BCUT2D eigenvalue weighted by Crippen LogP contribution is 2.30. The Balaban J connectivity index is 0.000000535. The molecule has 0 saturated carbocycles. The molecule has 0 unspecified atom stereocenters. The molecule has 3 aromatic carbocycles. The predicted octanol–water partition coefficient (Wildman–Crippen LogP) is 9.21. The molecule has 0 amide bonds. The number of hydrogen-bond donors (Lipinski definition) is 3. The van der Waals surface area contributed by atoms with Crippen LogP contribution in [-0.4, -0.2) is 71.4 Å². The van der Waals surface area contributed by atoms with E-state index in [0.717, 1.165) is 49.8 Å². The van der Waals surface area contributed by atoms with Gasteiger partial charge in [-0.25, -0.2) is 0 Å². The molecule has 0 saturated heterocycles. The standard InChI is InChI=1S/C24H38O5Si2.C10H12O2.C4H14OSi2/c1-27-23-17-19(11-13-21(23)25)9-7-15-30(3,4)29-31(5,6)16-8-10-20-12-14-22(26)24(18-20)28-2;1-3-4-8-5-6-9(11)10(7-8)12-2;1-6(2)5-7(3)4/h11-14,17-18,25-26H,7-10,15-16H2,1-6H3;3,5-7,11H,1,4H2,2H3;6-7H,1-4H3. The van der Waals surface area contributed by atoms with Crippen molar-refractivity contribution < 1.29 is 37.8 Å². The summed E-state index contributed by atoms with van der Waals surface area (Å²) in [4.78, 5) is 0. The lowest BCUT2D eigenvalue weighted by Gasteiger charge is -2.34. The summed E-state index contributed by atoms with van der Waals surface area (Å²) in [5, 5.41) is 28.7. The van der Waals surface area contributed by atoms with Crippen molar-refractivity contribution in [1.29, 1.82) is 0 Å². The monoisotopic (exact) mass is 760 g/mol. The fourth-order valence-corrected chi connectivity index (χ4v) is 18.8. The van der Waals surface area contributed by atoms with Gasteiger partial charge < -0.3 is 37.8 Å². The molecule has 0 aliphatic heterocycles.